The third-order valence-corrected chi connectivity index (χ3v) is 8.08. The zero-order chi connectivity index (χ0) is 31.2. The summed E-state index contributed by atoms with van der Waals surface area (Å²) >= 11 is 0. The standard InChI is InChI=1S/C24H42O18/c1-5-9(26)11(28)14(31)22(36-5)40-18-7(3)38-24(16(33)13(18)30)41-19-8(4-25)39-21(35)20(17(19)34)42-23-15(32)12(29)10(27)6(2)37-23/h5-35H,4H2,1-3H3/t5-,6-,7-,8+,9-,10-,11+,12+,13-,14+,15+,16+,17-,18-,19+,20+,21+,22-,23-,24-/m0/s1. The van der Waals surface area contributed by atoms with Gasteiger partial charge in [-0.3, -0.25) is 0 Å². The SMILES string of the molecule is C[C@@H]1O[C@@H](O[C@@H]2[C@@H](O)[C@@H](O)[C@H](O[C@H]3[C@H](O)[C@@H](O[C@@H]4O[C@@H](C)[C@H](O)[C@@H](O)[C@H]4O)[C@H](O)O[C@@H]3CO)O[C@H]2C)[C@H](O)[C@H](O)[C@H]1O. The van der Waals surface area contributed by atoms with Crippen molar-refractivity contribution in [2.45, 2.75) is 144 Å². The molecule has 18 nitrogen and oxygen atoms in total. The Labute approximate surface area is 240 Å². The van der Waals surface area contributed by atoms with Crippen LogP contribution in [0.25, 0.3) is 0 Å². The maximum Gasteiger partial charge on any atom is 0.187 e. The Hall–Kier alpha value is -0.720. The van der Waals surface area contributed by atoms with E-state index in [9.17, 15) is 56.2 Å². The van der Waals surface area contributed by atoms with Crippen LogP contribution in [0.3, 0.4) is 0 Å². The lowest BCUT2D eigenvalue weighted by Crippen LogP contribution is -2.66. The Kier molecular flexibility index (Phi) is 11.2. The largest absolute Gasteiger partial charge is 0.394 e. The first kappa shape index (κ1) is 34.2. The minimum absolute atomic E-state index is 0.786. The predicted octanol–water partition coefficient (Wildman–Crippen LogP) is -6.67. The second-order valence-corrected chi connectivity index (χ2v) is 11.1. The Morgan fingerprint density at radius 3 is 1.31 bits per heavy atom. The van der Waals surface area contributed by atoms with Gasteiger partial charge in [-0.25, -0.2) is 0 Å². The van der Waals surface area contributed by atoms with Crippen LogP contribution in [0.2, 0.25) is 0 Å². The molecule has 4 aliphatic rings. The Bertz CT molecular complexity index is 869. The number of aliphatic hydroxyl groups is 11. The van der Waals surface area contributed by atoms with Gasteiger partial charge in [0.2, 0.25) is 0 Å². The lowest BCUT2D eigenvalue weighted by molar-refractivity contribution is -0.387. The van der Waals surface area contributed by atoms with Crippen LogP contribution in [0.1, 0.15) is 20.8 Å². The van der Waals surface area contributed by atoms with Crippen LogP contribution in [0, 0.1) is 0 Å². The molecule has 0 bridgehead atoms. The molecule has 4 aliphatic heterocycles. The number of aliphatic hydroxyl groups excluding tert-OH is 11. The summed E-state index contributed by atoms with van der Waals surface area (Å²) in [4.78, 5) is 0. The first-order valence-corrected chi connectivity index (χ1v) is 13.7. The second kappa shape index (κ2) is 13.7. The first-order chi connectivity index (χ1) is 19.7. The van der Waals surface area contributed by atoms with Gasteiger partial charge in [0.25, 0.3) is 0 Å². The number of ether oxygens (including phenoxy) is 7. The average molecular weight is 619 g/mol. The van der Waals surface area contributed by atoms with Gasteiger partial charge in [-0.1, -0.05) is 0 Å². The normalized spacial score (nSPS) is 55.9. The molecular formula is C24H42O18. The Balaban J connectivity index is 1.43. The molecule has 4 saturated heterocycles. The number of hydrogen-bond donors (Lipinski definition) is 11. The quantitative estimate of drug-likeness (QED) is 0.126. The summed E-state index contributed by atoms with van der Waals surface area (Å²) < 4.78 is 38.5. The van der Waals surface area contributed by atoms with Crippen LogP contribution in [-0.4, -0.2) is 186 Å². The third-order valence-electron chi connectivity index (χ3n) is 8.08. The van der Waals surface area contributed by atoms with Crippen LogP contribution in [0.15, 0.2) is 0 Å². The van der Waals surface area contributed by atoms with E-state index in [0.29, 0.717) is 0 Å². The fourth-order valence-electron chi connectivity index (χ4n) is 5.39. The smallest absolute Gasteiger partial charge is 0.187 e. The van der Waals surface area contributed by atoms with Gasteiger partial charge in [0.15, 0.2) is 25.2 Å². The van der Waals surface area contributed by atoms with Crippen LogP contribution in [0.4, 0.5) is 0 Å². The van der Waals surface area contributed by atoms with E-state index in [1.807, 2.05) is 0 Å². The molecule has 0 amide bonds. The van der Waals surface area contributed by atoms with Gasteiger partial charge in [-0.05, 0) is 20.8 Å². The summed E-state index contributed by atoms with van der Waals surface area (Å²) in [7, 11) is 0. The van der Waals surface area contributed by atoms with Gasteiger partial charge in [0, 0.05) is 0 Å². The molecule has 0 saturated carbocycles. The molecule has 4 rings (SSSR count). The van der Waals surface area contributed by atoms with E-state index in [4.69, 9.17) is 33.2 Å². The summed E-state index contributed by atoms with van der Waals surface area (Å²) in [6.45, 7) is 3.47. The van der Waals surface area contributed by atoms with E-state index in [1.54, 1.807) is 0 Å². The van der Waals surface area contributed by atoms with Crippen molar-refractivity contribution in [3.8, 4) is 0 Å². The van der Waals surface area contributed by atoms with Gasteiger partial charge in [0.05, 0.1) is 24.9 Å². The van der Waals surface area contributed by atoms with E-state index in [1.165, 1.54) is 20.8 Å². The van der Waals surface area contributed by atoms with Crippen molar-refractivity contribution in [1.82, 2.24) is 0 Å². The molecule has 0 unspecified atom stereocenters. The summed E-state index contributed by atoms with van der Waals surface area (Å²) in [6.07, 6.45) is -30.6. The summed E-state index contributed by atoms with van der Waals surface area (Å²) in [5.74, 6) is 0. The third kappa shape index (κ3) is 6.62. The molecule has 42 heavy (non-hydrogen) atoms. The highest BCUT2D eigenvalue weighted by Crippen LogP contribution is 2.34. The Morgan fingerprint density at radius 2 is 0.833 bits per heavy atom. The van der Waals surface area contributed by atoms with Crippen molar-refractivity contribution in [3.05, 3.63) is 0 Å². The van der Waals surface area contributed by atoms with Crippen molar-refractivity contribution >= 4 is 0 Å². The molecule has 0 aromatic rings. The number of rotatable bonds is 7. The minimum Gasteiger partial charge on any atom is -0.394 e. The van der Waals surface area contributed by atoms with Gasteiger partial charge in [-0.15, -0.1) is 0 Å². The van der Waals surface area contributed by atoms with Crippen molar-refractivity contribution < 1.29 is 89.3 Å². The van der Waals surface area contributed by atoms with Crippen molar-refractivity contribution in [2.75, 3.05) is 6.61 Å². The van der Waals surface area contributed by atoms with Gasteiger partial charge in [0.1, 0.15) is 79.4 Å². The first-order valence-electron chi connectivity index (χ1n) is 13.7. The molecule has 0 aromatic carbocycles. The average Bonchev–Trinajstić information content (AvgIpc) is 2.95. The van der Waals surface area contributed by atoms with Crippen molar-refractivity contribution in [3.63, 3.8) is 0 Å². The van der Waals surface area contributed by atoms with Crippen LogP contribution >= 0.6 is 0 Å². The van der Waals surface area contributed by atoms with Crippen LogP contribution in [0.5, 0.6) is 0 Å². The van der Waals surface area contributed by atoms with Gasteiger partial charge in [-0.2, -0.15) is 0 Å². The molecular weight excluding hydrogens is 576 g/mol. The van der Waals surface area contributed by atoms with E-state index in [2.05, 4.69) is 0 Å². The molecule has 0 spiro atoms. The van der Waals surface area contributed by atoms with Crippen molar-refractivity contribution in [2.24, 2.45) is 0 Å². The molecule has 18 heteroatoms. The summed E-state index contributed by atoms with van der Waals surface area (Å²) in [5, 5.41) is 113. The summed E-state index contributed by atoms with van der Waals surface area (Å²) in [5.41, 5.74) is 0. The molecule has 4 heterocycles. The van der Waals surface area contributed by atoms with E-state index < -0.39 is 129 Å². The predicted molar refractivity (Wildman–Crippen MR) is 130 cm³/mol. The van der Waals surface area contributed by atoms with E-state index in [-0.39, 0.29) is 0 Å². The molecule has 0 radical (unpaired) electrons. The molecule has 11 N–H and O–H groups in total. The zero-order valence-corrected chi connectivity index (χ0v) is 23.0. The zero-order valence-electron chi connectivity index (χ0n) is 23.0. The van der Waals surface area contributed by atoms with E-state index in [0.717, 1.165) is 0 Å². The van der Waals surface area contributed by atoms with Crippen LogP contribution < -0.4 is 0 Å². The topological polar surface area (TPSA) is 287 Å². The Morgan fingerprint density at radius 1 is 0.429 bits per heavy atom. The highest BCUT2D eigenvalue weighted by Gasteiger charge is 2.54. The van der Waals surface area contributed by atoms with Crippen LogP contribution in [-0.2, 0) is 33.2 Å². The highest BCUT2D eigenvalue weighted by atomic mass is 16.8. The van der Waals surface area contributed by atoms with Gasteiger partial charge >= 0.3 is 0 Å². The van der Waals surface area contributed by atoms with Crippen molar-refractivity contribution in [1.29, 1.82) is 0 Å². The van der Waals surface area contributed by atoms with E-state index >= 15 is 0 Å². The maximum absolute atomic E-state index is 11.1. The number of hydrogen-bond acceptors (Lipinski definition) is 18. The molecule has 0 aromatic heterocycles. The fourth-order valence-corrected chi connectivity index (χ4v) is 5.39. The highest BCUT2D eigenvalue weighted by molar-refractivity contribution is 4.96. The fraction of sp³-hybridized carbons (Fsp3) is 1.00. The lowest BCUT2D eigenvalue weighted by Gasteiger charge is -2.48. The minimum atomic E-state index is -1.88. The molecule has 246 valence electrons. The molecule has 20 atom stereocenters. The monoisotopic (exact) mass is 618 g/mol. The molecule has 0 aliphatic carbocycles. The summed E-state index contributed by atoms with van der Waals surface area (Å²) in [6, 6.07) is 0. The second-order valence-electron chi connectivity index (χ2n) is 11.1. The maximum atomic E-state index is 11.1. The van der Waals surface area contributed by atoms with Gasteiger partial charge < -0.3 is 89.3 Å². The molecule has 4 fully saturated rings. The lowest BCUT2D eigenvalue weighted by atomic mass is 9.96.